The van der Waals surface area contributed by atoms with E-state index in [2.05, 4.69) is 15.5 Å². The molecule has 0 aliphatic carbocycles. The molecule has 1 N–H and O–H groups in total. The van der Waals surface area contributed by atoms with Crippen molar-refractivity contribution in [3.8, 4) is 11.3 Å². The summed E-state index contributed by atoms with van der Waals surface area (Å²) in [5.74, 6) is 0.346. The summed E-state index contributed by atoms with van der Waals surface area (Å²) in [6.45, 7) is 5.39. The number of aromatic nitrogens is 2. The summed E-state index contributed by atoms with van der Waals surface area (Å²) in [5.41, 5.74) is 2.91. The maximum Gasteiger partial charge on any atom is 0.333 e. The number of esters is 1. The molecule has 0 aliphatic heterocycles. The summed E-state index contributed by atoms with van der Waals surface area (Å²) >= 11 is 0. The predicted molar refractivity (Wildman–Crippen MR) is 112 cm³/mol. The number of carbonyl (C=O) groups excluding carboxylic acids is 2. The molecule has 1 aromatic carbocycles. The first-order chi connectivity index (χ1) is 14.9. The quantitative estimate of drug-likeness (QED) is 0.486. The molecule has 158 valence electrons. The standard InChI is InChI=1S/C23H21N3O5/c1-12-10-16(14(3)30-12)18-11-17(19-13(2)26-31-22(19)24-18)21(27)25-20(23(28)29-4)15-8-6-5-7-9-15/h5-11,20H,1-4H3,(H,25,27)/t20-/m1/s1. The number of amides is 1. The molecule has 31 heavy (non-hydrogen) atoms. The average molecular weight is 419 g/mol. The highest BCUT2D eigenvalue weighted by Gasteiger charge is 2.27. The monoisotopic (exact) mass is 419 g/mol. The van der Waals surface area contributed by atoms with Crippen LogP contribution in [0.5, 0.6) is 0 Å². The zero-order valence-corrected chi connectivity index (χ0v) is 17.6. The van der Waals surface area contributed by atoms with Crippen molar-refractivity contribution in [2.24, 2.45) is 0 Å². The minimum absolute atomic E-state index is 0.229. The summed E-state index contributed by atoms with van der Waals surface area (Å²) in [5, 5.41) is 7.21. The van der Waals surface area contributed by atoms with Gasteiger partial charge in [0.2, 0.25) is 0 Å². The summed E-state index contributed by atoms with van der Waals surface area (Å²) in [7, 11) is 1.28. The van der Waals surface area contributed by atoms with Crippen LogP contribution < -0.4 is 5.32 Å². The molecule has 4 rings (SSSR count). The van der Waals surface area contributed by atoms with Gasteiger partial charge in [0.1, 0.15) is 11.5 Å². The van der Waals surface area contributed by atoms with E-state index >= 15 is 0 Å². The van der Waals surface area contributed by atoms with Crippen LogP contribution in [0.4, 0.5) is 0 Å². The van der Waals surface area contributed by atoms with Gasteiger partial charge in [-0.3, -0.25) is 4.79 Å². The van der Waals surface area contributed by atoms with Gasteiger partial charge in [-0.05, 0) is 38.5 Å². The number of pyridine rings is 1. The largest absolute Gasteiger partial charge is 0.467 e. The topological polar surface area (TPSA) is 107 Å². The van der Waals surface area contributed by atoms with Crippen LogP contribution in [0.3, 0.4) is 0 Å². The highest BCUT2D eigenvalue weighted by atomic mass is 16.5. The molecule has 1 atom stereocenters. The lowest BCUT2D eigenvalue weighted by Crippen LogP contribution is -2.34. The summed E-state index contributed by atoms with van der Waals surface area (Å²) in [4.78, 5) is 30.3. The molecule has 0 fully saturated rings. The average Bonchev–Trinajstić information content (AvgIpc) is 3.32. The second-order valence-corrected chi connectivity index (χ2v) is 7.17. The van der Waals surface area contributed by atoms with Gasteiger partial charge in [0.15, 0.2) is 6.04 Å². The molecule has 0 bridgehead atoms. The third-order valence-corrected chi connectivity index (χ3v) is 5.02. The zero-order chi connectivity index (χ0) is 22.1. The molecular formula is C23H21N3O5. The van der Waals surface area contributed by atoms with Crippen molar-refractivity contribution in [3.63, 3.8) is 0 Å². The molecule has 8 heteroatoms. The number of rotatable bonds is 5. The van der Waals surface area contributed by atoms with E-state index < -0.39 is 17.9 Å². The lowest BCUT2D eigenvalue weighted by molar-refractivity contribution is -0.143. The number of fused-ring (bicyclic) bond motifs is 1. The third kappa shape index (κ3) is 3.79. The van der Waals surface area contributed by atoms with Gasteiger partial charge in [-0.15, -0.1) is 0 Å². The third-order valence-electron chi connectivity index (χ3n) is 5.02. The Morgan fingerprint density at radius 3 is 2.48 bits per heavy atom. The van der Waals surface area contributed by atoms with Gasteiger partial charge in [0.25, 0.3) is 11.6 Å². The lowest BCUT2D eigenvalue weighted by atomic mass is 10.0. The van der Waals surface area contributed by atoms with Crippen LogP contribution in [0.15, 0.2) is 51.4 Å². The van der Waals surface area contributed by atoms with Gasteiger partial charge in [-0.2, -0.15) is 0 Å². The Labute approximate surface area is 178 Å². The Bertz CT molecular complexity index is 1270. The van der Waals surface area contributed by atoms with Gasteiger partial charge in [0.05, 0.1) is 29.4 Å². The second kappa shape index (κ2) is 8.06. The summed E-state index contributed by atoms with van der Waals surface area (Å²) in [6, 6.07) is 11.4. The molecule has 8 nitrogen and oxygen atoms in total. The van der Waals surface area contributed by atoms with E-state index in [1.165, 1.54) is 7.11 Å². The fourth-order valence-corrected chi connectivity index (χ4v) is 3.55. The number of benzene rings is 1. The molecule has 0 unspecified atom stereocenters. The number of nitrogens with zero attached hydrogens (tertiary/aromatic N) is 2. The molecule has 0 saturated heterocycles. The molecule has 0 aliphatic rings. The molecule has 3 aromatic heterocycles. The van der Waals surface area contributed by atoms with Crippen LogP contribution >= 0.6 is 0 Å². The Morgan fingerprint density at radius 1 is 1.10 bits per heavy atom. The summed E-state index contributed by atoms with van der Waals surface area (Å²) in [6.07, 6.45) is 0. The van der Waals surface area contributed by atoms with E-state index in [4.69, 9.17) is 13.7 Å². The van der Waals surface area contributed by atoms with Crippen LogP contribution in [-0.4, -0.2) is 29.1 Å². The number of ether oxygens (including phenoxy) is 1. The van der Waals surface area contributed by atoms with Gasteiger partial charge < -0.3 is 19.0 Å². The van der Waals surface area contributed by atoms with Crippen LogP contribution in [-0.2, 0) is 9.53 Å². The molecule has 0 saturated carbocycles. The van der Waals surface area contributed by atoms with Crippen LogP contribution in [0.25, 0.3) is 22.4 Å². The van der Waals surface area contributed by atoms with E-state index in [1.54, 1.807) is 37.3 Å². The molecule has 4 aromatic rings. The fourth-order valence-electron chi connectivity index (χ4n) is 3.55. The minimum Gasteiger partial charge on any atom is -0.467 e. The van der Waals surface area contributed by atoms with E-state index in [1.807, 2.05) is 26.0 Å². The Morgan fingerprint density at radius 2 is 1.84 bits per heavy atom. The number of hydrogen-bond acceptors (Lipinski definition) is 7. The van der Waals surface area contributed by atoms with E-state index in [9.17, 15) is 9.59 Å². The SMILES string of the molecule is COC(=O)[C@H](NC(=O)c1cc(-c2cc(C)oc2C)nc2onc(C)c12)c1ccccc1. The number of aryl methyl sites for hydroxylation is 3. The van der Waals surface area contributed by atoms with Crippen molar-refractivity contribution >= 4 is 23.0 Å². The number of nitrogens with one attached hydrogen (secondary N) is 1. The Hall–Kier alpha value is -3.94. The first kappa shape index (κ1) is 20.3. The first-order valence-electron chi connectivity index (χ1n) is 9.67. The lowest BCUT2D eigenvalue weighted by Gasteiger charge is -2.17. The number of carbonyl (C=O) groups is 2. The highest BCUT2D eigenvalue weighted by Crippen LogP contribution is 2.30. The normalized spacial score (nSPS) is 12.0. The zero-order valence-electron chi connectivity index (χ0n) is 17.6. The van der Waals surface area contributed by atoms with E-state index in [0.717, 1.165) is 11.3 Å². The van der Waals surface area contributed by atoms with Crippen molar-refractivity contribution in [3.05, 3.63) is 70.8 Å². The Kier molecular flexibility index (Phi) is 5.29. The van der Waals surface area contributed by atoms with E-state index in [-0.39, 0.29) is 5.71 Å². The van der Waals surface area contributed by atoms with E-state index in [0.29, 0.717) is 33.7 Å². The van der Waals surface area contributed by atoms with Gasteiger partial charge in [-0.1, -0.05) is 35.5 Å². The maximum atomic E-state index is 13.3. The molecule has 1 amide bonds. The smallest absolute Gasteiger partial charge is 0.333 e. The number of methoxy groups -OCH3 is 1. The minimum atomic E-state index is -0.969. The van der Waals surface area contributed by atoms with Crippen molar-refractivity contribution in [2.75, 3.05) is 7.11 Å². The molecular weight excluding hydrogens is 398 g/mol. The van der Waals surface area contributed by atoms with Gasteiger partial charge in [-0.25, -0.2) is 9.78 Å². The van der Waals surface area contributed by atoms with Crippen molar-refractivity contribution < 1.29 is 23.3 Å². The predicted octanol–water partition coefficient (Wildman–Crippen LogP) is 4.05. The number of hydrogen-bond donors (Lipinski definition) is 1. The Balaban J connectivity index is 1.80. The highest BCUT2D eigenvalue weighted by molar-refractivity contribution is 6.08. The molecule has 0 radical (unpaired) electrons. The first-order valence-corrected chi connectivity index (χ1v) is 9.67. The number of furan rings is 1. The van der Waals surface area contributed by atoms with Gasteiger partial charge >= 0.3 is 5.97 Å². The van der Waals surface area contributed by atoms with Crippen molar-refractivity contribution in [1.29, 1.82) is 0 Å². The maximum absolute atomic E-state index is 13.3. The van der Waals surface area contributed by atoms with Crippen molar-refractivity contribution in [1.82, 2.24) is 15.5 Å². The van der Waals surface area contributed by atoms with Crippen molar-refractivity contribution in [2.45, 2.75) is 26.8 Å². The van der Waals surface area contributed by atoms with Crippen LogP contribution in [0.2, 0.25) is 0 Å². The van der Waals surface area contributed by atoms with Crippen LogP contribution in [0, 0.1) is 20.8 Å². The van der Waals surface area contributed by atoms with Crippen LogP contribution in [0.1, 0.15) is 39.2 Å². The summed E-state index contributed by atoms with van der Waals surface area (Å²) < 4.78 is 15.9. The molecule has 0 spiro atoms. The fraction of sp³-hybridized carbons (Fsp3) is 0.217. The second-order valence-electron chi connectivity index (χ2n) is 7.17. The van der Waals surface area contributed by atoms with Gasteiger partial charge in [0, 0.05) is 5.56 Å². The molecule has 3 heterocycles.